The van der Waals surface area contributed by atoms with Crippen molar-refractivity contribution in [2.45, 2.75) is 58.7 Å². The molecule has 6 nitrogen and oxygen atoms in total. The van der Waals surface area contributed by atoms with Crippen LogP contribution in [0.1, 0.15) is 45.2 Å². The first-order valence-electron chi connectivity index (χ1n) is 12.7. The molecule has 1 N–H and O–H groups in total. The van der Waals surface area contributed by atoms with E-state index in [4.69, 9.17) is 4.98 Å². The van der Waals surface area contributed by atoms with Crippen LogP contribution in [0.25, 0.3) is 11.0 Å². The lowest BCUT2D eigenvalue weighted by Gasteiger charge is -2.35. The van der Waals surface area contributed by atoms with Crippen molar-refractivity contribution < 1.29 is 9.59 Å². The third-order valence-corrected chi connectivity index (χ3v) is 7.71. The molecule has 2 heterocycles. The van der Waals surface area contributed by atoms with Crippen LogP contribution in [0.2, 0.25) is 0 Å². The lowest BCUT2D eigenvalue weighted by Crippen LogP contribution is -2.44. The second-order valence-corrected chi connectivity index (χ2v) is 10.7. The fraction of sp³-hybridized carbons (Fsp3) is 0.464. The van der Waals surface area contributed by atoms with Gasteiger partial charge in [-0.2, -0.15) is 0 Å². The summed E-state index contributed by atoms with van der Waals surface area (Å²) < 4.78 is 1.97. The van der Waals surface area contributed by atoms with Crippen LogP contribution in [0.3, 0.4) is 0 Å². The zero-order chi connectivity index (χ0) is 24.9. The highest BCUT2D eigenvalue weighted by molar-refractivity contribution is 7.99. The number of nitrogens with zero attached hydrogens (tertiary/aromatic N) is 3. The van der Waals surface area contributed by atoms with E-state index in [9.17, 15) is 9.59 Å². The van der Waals surface area contributed by atoms with Gasteiger partial charge in [0.2, 0.25) is 11.8 Å². The third-order valence-electron chi connectivity index (χ3n) is 6.73. The van der Waals surface area contributed by atoms with Crippen LogP contribution >= 0.6 is 11.8 Å². The number of nitrogens with one attached hydrogen (secondary N) is 1. The normalized spacial score (nSPS) is 18.1. The number of para-hydroxylation sites is 3. The molecule has 7 heteroatoms. The summed E-state index contributed by atoms with van der Waals surface area (Å²) in [5, 5.41) is 3.84. The van der Waals surface area contributed by atoms with E-state index in [1.807, 2.05) is 39.8 Å². The number of fused-ring (bicyclic) bond motifs is 1. The number of anilines is 1. The number of aryl methyl sites for hydroxylation is 2. The molecule has 0 radical (unpaired) electrons. The van der Waals surface area contributed by atoms with E-state index >= 15 is 0 Å². The summed E-state index contributed by atoms with van der Waals surface area (Å²) in [7, 11) is 0. The molecule has 2 amide bonds. The number of benzene rings is 2. The van der Waals surface area contributed by atoms with Gasteiger partial charge in [-0.15, -0.1) is 0 Å². The van der Waals surface area contributed by atoms with E-state index in [0.717, 1.165) is 60.2 Å². The van der Waals surface area contributed by atoms with Crippen molar-refractivity contribution in [2.75, 3.05) is 24.2 Å². The zero-order valence-corrected chi connectivity index (χ0v) is 22.0. The fourth-order valence-electron chi connectivity index (χ4n) is 5.13. The van der Waals surface area contributed by atoms with Gasteiger partial charge in [0.05, 0.1) is 16.8 Å². The van der Waals surface area contributed by atoms with Crippen LogP contribution in [0, 0.1) is 11.8 Å². The molecule has 1 fully saturated rings. The first-order valence-corrected chi connectivity index (χ1v) is 13.6. The average molecular weight is 493 g/mol. The summed E-state index contributed by atoms with van der Waals surface area (Å²) in [6.45, 7) is 10.5. The monoisotopic (exact) mass is 492 g/mol. The third kappa shape index (κ3) is 5.89. The van der Waals surface area contributed by atoms with Crippen molar-refractivity contribution >= 4 is 40.3 Å². The molecule has 186 valence electrons. The largest absolute Gasteiger partial charge is 0.341 e. The van der Waals surface area contributed by atoms with Gasteiger partial charge in [-0.3, -0.25) is 9.59 Å². The Morgan fingerprint density at radius 2 is 1.66 bits per heavy atom. The summed E-state index contributed by atoms with van der Waals surface area (Å²) in [5.74, 6) is 1.31. The molecule has 2 unspecified atom stereocenters. The number of aromatic nitrogens is 2. The number of hydrogen-bond acceptors (Lipinski definition) is 4. The van der Waals surface area contributed by atoms with E-state index < -0.39 is 0 Å². The minimum Gasteiger partial charge on any atom is -0.341 e. The standard InChI is InChI=1S/C28H36N4O2S/c1-5-21-10-9-11-22(6-2)27(21)30-25(33)18-35-28-29-23-12-7-8-13-24(23)32(28)17-26(34)31-15-19(3)14-20(4)16-31/h7-13,19-20H,5-6,14-18H2,1-4H3,(H,30,33). The van der Waals surface area contributed by atoms with Gasteiger partial charge < -0.3 is 14.8 Å². The molecule has 1 aromatic heterocycles. The van der Waals surface area contributed by atoms with E-state index in [-0.39, 0.29) is 24.1 Å². The minimum absolute atomic E-state index is 0.0609. The summed E-state index contributed by atoms with van der Waals surface area (Å²) in [4.78, 5) is 33.0. The predicted molar refractivity (Wildman–Crippen MR) is 144 cm³/mol. The minimum atomic E-state index is -0.0609. The van der Waals surface area contributed by atoms with E-state index in [0.29, 0.717) is 17.0 Å². The van der Waals surface area contributed by atoms with Crippen LogP contribution in [0.4, 0.5) is 5.69 Å². The topological polar surface area (TPSA) is 67.2 Å². The SMILES string of the molecule is CCc1cccc(CC)c1NC(=O)CSc1nc2ccccc2n1CC(=O)N1CC(C)CC(C)C1. The fourth-order valence-corrected chi connectivity index (χ4v) is 5.94. The van der Waals surface area contributed by atoms with Crippen molar-refractivity contribution in [1.82, 2.24) is 14.5 Å². The summed E-state index contributed by atoms with van der Waals surface area (Å²) >= 11 is 1.39. The lowest BCUT2D eigenvalue weighted by atomic mass is 9.92. The number of carbonyl (C=O) groups is 2. The smallest absolute Gasteiger partial charge is 0.242 e. The van der Waals surface area contributed by atoms with Crippen LogP contribution < -0.4 is 5.32 Å². The van der Waals surface area contributed by atoms with Crippen LogP contribution in [-0.4, -0.2) is 45.1 Å². The molecule has 35 heavy (non-hydrogen) atoms. The number of imidazole rings is 1. The van der Waals surface area contributed by atoms with Crippen molar-refractivity contribution in [2.24, 2.45) is 11.8 Å². The highest BCUT2D eigenvalue weighted by Crippen LogP contribution is 2.27. The van der Waals surface area contributed by atoms with Gasteiger partial charge >= 0.3 is 0 Å². The van der Waals surface area contributed by atoms with Crippen molar-refractivity contribution in [3.63, 3.8) is 0 Å². The predicted octanol–water partition coefficient (Wildman–Crippen LogP) is 5.40. The number of likely N-dealkylation sites (tertiary alicyclic amines) is 1. The molecule has 2 aromatic carbocycles. The Bertz CT molecular complexity index is 1170. The van der Waals surface area contributed by atoms with Crippen LogP contribution in [0.15, 0.2) is 47.6 Å². The first-order chi connectivity index (χ1) is 16.9. The van der Waals surface area contributed by atoms with Gasteiger partial charge in [0.25, 0.3) is 0 Å². The Hall–Kier alpha value is -2.80. The molecule has 1 aliphatic heterocycles. The van der Waals surface area contributed by atoms with Gasteiger partial charge in [0.15, 0.2) is 5.16 Å². The number of rotatable bonds is 8. The maximum absolute atomic E-state index is 13.3. The molecular weight excluding hydrogens is 456 g/mol. The number of hydrogen-bond donors (Lipinski definition) is 1. The quantitative estimate of drug-likeness (QED) is 0.428. The van der Waals surface area contributed by atoms with Gasteiger partial charge in [0.1, 0.15) is 6.54 Å². The Balaban J connectivity index is 1.51. The van der Waals surface area contributed by atoms with Gasteiger partial charge in [-0.1, -0.05) is 69.8 Å². The molecule has 0 bridgehead atoms. The van der Waals surface area contributed by atoms with Gasteiger partial charge in [-0.25, -0.2) is 4.98 Å². The summed E-state index contributed by atoms with van der Waals surface area (Å²) in [6, 6.07) is 14.0. The van der Waals surface area contributed by atoms with E-state index in [1.165, 1.54) is 11.8 Å². The highest BCUT2D eigenvalue weighted by Gasteiger charge is 2.26. The Morgan fingerprint density at radius 3 is 2.31 bits per heavy atom. The molecule has 3 aromatic rings. The van der Waals surface area contributed by atoms with Crippen LogP contribution in [0.5, 0.6) is 0 Å². The summed E-state index contributed by atoms with van der Waals surface area (Å²) in [5.41, 5.74) is 4.98. The molecule has 4 rings (SSSR count). The van der Waals surface area contributed by atoms with Gasteiger partial charge in [0, 0.05) is 18.8 Å². The number of carbonyl (C=O) groups excluding carboxylic acids is 2. The highest BCUT2D eigenvalue weighted by atomic mass is 32.2. The average Bonchev–Trinajstić information content (AvgIpc) is 3.19. The Kier molecular flexibility index (Phi) is 8.16. The van der Waals surface area contributed by atoms with E-state index in [2.05, 4.69) is 45.1 Å². The Morgan fingerprint density at radius 1 is 1.00 bits per heavy atom. The zero-order valence-electron chi connectivity index (χ0n) is 21.2. The first kappa shape index (κ1) is 25.3. The molecule has 0 saturated carbocycles. The molecule has 1 aliphatic rings. The summed E-state index contributed by atoms with van der Waals surface area (Å²) in [6.07, 6.45) is 2.89. The molecular formula is C28H36N4O2S. The number of amides is 2. The molecule has 2 atom stereocenters. The number of piperidine rings is 1. The van der Waals surface area contributed by atoms with Crippen molar-refractivity contribution in [1.29, 1.82) is 0 Å². The lowest BCUT2D eigenvalue weighted by molar-refractivity contribution is -0.134. The second-order valence-electron chi connectivity index (χ2n) is 9.71. The van der Waals surface area contributed by atoms with Crippen molar-refractivity contribution in [3.8, 4) is 0 Å². The van der Waals surface area contributed by atoms with Gasteiger partial charge in [-0.05, 0) is 54.4 Å². The second kappa shape index (κ2) is 11.3. The maximum Gasteiger partial charge on any atom is 0.242 e. The molecule has 0 spiro atoms. The van der Waals surface area contributed by atoms with Crippen molar-refractivity contribution in [3.05, 3.63) is 53.6 Å². The number of thioether (sulfide) groups is 1. The molecule has 0 aliphatic carbocycles. The van der Waals surface area contributed by atoms with E-state index in [1.54, 1.807) is 0 Å². The van der Waals surface area contributed by atoms with Crippen LogP contribution in [-0.2, 0) is 29.0 Å². The molecule has 1 saturated heterocycles. The maximum atomic E-state index is 13.3. The Labute approximate surface area is 212 Å².